The molecule has 4 nitrogen and oxygen atoms in total. The second kappa shape index (κ2) is 7.58. The van der Waals surface area contributed by atoms with Crippen molar-refractivity contribution in [2.24, 2.45) is 0 Å². The first kappa shape index (κ1) is 18.8. The van der Waals surface area contributed by atoms with E-state index >= 15 is 0 Å². The average Bonchev–Trinajstić information content (AvgIpc) is 2.42. The van der Waals surface area contributed by atoms with Crippen LogP contribution in [0.15, 0.2) is 24.3 Å². The van der Waals surface area contributed by atoms with Gasteiger partial charge in [-0.25, -0.2) is 0 Å². The number of morpholine rings is 1. The van der Waals surface area contributed by atoms with Crippen molar-refractivity contribution in [3.05, 3.63) is 35.4 Å². The summed E-state index contributed by atoms with van der Waals surface area (Å²) in [6.07, 6.45) is -0.719. The molecule has 1 N–H and O–H groups in total. The number of aryl methyl sites for hydroxylation is 1. The van der Waals surface area contributed by atoms with Crippen LogP contribution in [0.25, 0.3) is 0 Å². The van der Waals surface area contributed by atoms with Gasteiger partial charge in [-0.05, 0) is 32.9 Å². The van der Waals surface area contributed by atoms with E-state index in [4.69, 9.17) is 39.5 Å². The number of benzene rings is 1. The van der Waals surface area contributed by atoms with E-state index in [1.54, 1.807) is 12.1 Å². The van der Waals surface area contributed by atoms with E-state index in [0.29, 0.717) is 18.7 Å². The molecule has 0 radical (unpaired) electrons. The van der Waals surface area contributed by atoms with Crippen molar-refractivity contribution in [3.8, 4) is 0 Å². The molecule has 7 heteroatoms. The van der Waals surface area contributed by atoms with Crippen LogP contribution in [0.3, 0.4) is 0 Å². The lowest BCUT2D eigenvalue weighted by atomic mass is 10.1. The zero-order valence-electron chi connectivity index (χ0n) is 13.4. The standard InChI is InChI=1S/C16H21Cl3N2O2/c1-10-5-4-6-13(7-10)14(22)20-15(16(17,18)19)21-8-11(2)23-12(3)9-21/h4-7,11-12,15H,8-9H2,1-3H3,(H,20,22)/t11-,12+,15-/m1/s1. The Morgan fingerprint density at radius 3 is 2.43 bits per heavy atom. The number of rotatable bonds is 3. The maximum absolute atomic E-state index is 12.5. The van der Waals surface area contributed by atoms with Crippen LogP contribution in [-0.4, -0.2) is 46.1 Å². The molecule has 1 aromatic rings. The largest absolute Gasteiger partial charge is 0.373 e. The predicted octanol–water partition coefficient (Wildman–Crippen LogP) is 3.53. The SMILES string of the molecule is Cc1cccc(C(=O)N[C@H](N2C[C@@H](C)O[C@@H](C)C2)C(Cl)(Cl)Cl)c1. The molecule has 1 heterocycles. The molecule has 1 fully saturated rings. The molecule has 0 aliphatic carbocycles. The first-order valence-corrected chi connectivity index (χ1v) is 8.64. The van der Waals surface area contributed by atoms with Crippen molar-refractivity contribution < 1.29 is 9.53 Å². The minimum Gasteiger partial charge on any atom is -0.373 e. The summed E-state index contributed by atoms with van der Waals surface area (Å²) in [6, 6.07) is 7.29. The Labute approximate surface area is 152 Å². The zero-order chi connectivity index (χ0) is 17.2. The minimum absolute atomic E-state index is 0.00414. The first-order valence-electron chi connectivity index (χ1n) is 7.50. The van der Waals surface area contributed by atoms with Crippen molar-refractivity contribution >= 4 is 40.7 Å². The predicted molar refractivity (Wildman–Crippen MR) is 94.3 cm³/mol. The summed E-state index contributed by atoms with van der Waals surface area (Å²) in [5.41, 5.74) is 1.54. The molecular weight excluding hydrogens is 359 g/mol. The highest BCUT2D eigenvalue weighted by atomic mass is 35.6. The molecule has 0 aromatic heterocycles. The van der Waals surface area contributed by atoms with Crippen LogP contribution in [0.1, 0.15) is 29.8 Å². The van der Waals surface area contributed by atoms with Crippen molar-refractivity contribution in [1.82, 2.24) is 10.2 Å². The van der Waals surface area contributed by atoms with Crippen molar-refractivity contribution in [2.75, 3.05) is 13.1 Å². The third-order valence-corrected chi connectivity index (χ3v) is 4.29. The third kappa shape index (κ3) is 5.23. The van der Waals surface area contributed by atoms with Crippen molar-refractivity contribution in [2.45, 2.75) is 42.9 Å². The van der Waals surface area contributed by atoms with Crippen LogP contribution in [-0.2, 0) is 4.74 Å². The van der Waals surface area contributed by atoms with E-state index in [-0.39, 0.29) is 18.1 Å². The summed E-state index contributed by atoms with van der Waals surface area (Å²) in [5, 5.41) is 2.85. The molecule has 128 valence electrons. The number of nitrogens with zero attached hydrogens (tertiary/aromatic N) is 1. The molecular formula is C16H21Cl3N2O2. The fourth-order valence-corrected chi connectivity index (χ4v) is 3.38. The van der Waals surface area contributed by atoms with Gasteiger partial charge in [0.25, 0.3) is 5.91 Å². The van der Waals surface area contributed by atoms with Gasteiger partial charge >= 0.3 is 0 Å². The van der Waals surface area contributed by atoms with E-state index in [2.05, 4.69) is 5.32 Å². The Morgan fingerprint density at radius 1 is 1.30 bits per heavy atom. The molecule has 1 aliphatic heterocycles. The monoisotopic (exact) mass is 378 g/mol. The number of amides is 1. The van der Waals surface area contributed by atoms with Gasteiger partial charge in [-0.15, -0.1) is 0 Å². The second-order valence-corrected chi connectivity index (χ2v) is 8.37. The van der Waals surface area contributed by atoms with E-state index < -0.39 is 9.96 Å². The maximum Gasteiger partial charge on any atom is 0.252 e. The number of ether oxygens (including phenoxy) is 1. The van der Waals surface area contributed by atoms with Crippen molar-refractivity contribution in [3.63, 3.8) is 0 Å². The van der Waals surface area contributed by atoms with Crippen LogP contribution in [0.5, 0.6) is 0 Å². The summed E-state index contributed by atoms with van der Waals surface area (Å²) in [4.78, 5) is 14.5. The van der Waals surface area contributed by atoms with E-state index in [9.17, 15) is 4.79 Å². The Hall–Kier alpha value is -0.520. The average molecular weight is 380 g/mol. The third-order valence-electron chi connectivity index (χ3n) is 3.67. The minimum atomic E-state index is -1.64. The summed E-state index contributed by atoms with van der Waals surface area (Å²) >= 11 is 18.4. The molecule has 0 spiro atoms. The van der Waals surface area contributed by atoms with E-state index in [1.165, 1.54) is 0 Å². The molecule has 1 aliphatic rings. The van der Waals surface area contributed by atoms with Gasteiger partial charge in [0.1, 0.15) is 6.17 Å². The Balaban J connectivity index is 2.17. The number of carbonyl (C=O) groups excluding carboxylic acids is 1. The fraction of sp³-hybridized carbons (Fsp3) is 0.562. The van der Waals surface area contributed by atoms with E-state index in [0.717, 1.165) is 5.56 Å². The first-order chi connectivity index (χ1) is 10.7. The van der Waals surface area contributed by atoms with Crippen LogP contribution in [0.2, 0.25) is 0 Å². The van der Waals surface area contributed by atoms with Gasteiger partial charge in [-0.3, -0.25) is 9.69 Å². The van der Waals surface area contributed by atoms with Gasteiger partial charge in [0.15, 0.2) is 0 Å². The molecule has 0 bridgehead atoms. The van der Waals surface area contributed by atoms with E-state index in [1.807, 2.05) is 37.8 Å². The highest BCUT2D eigenvalue weighted by Gasteiger charge is 2.41. The molecule has 3 atom stereocenters. The Bertz CT molecular complexity index is 553. The van der Waals surface area contributed by atoms with Gasteiger partial charge in [0.2, 0.25) is 3.79 Å². The van der Waals surface area contributed by atoms with Gasteiger partial charge in [0, 0.05) is 18.7 Å². The number of carbonyl (C=O) groups is 1. The smallest absolute Gasteiger partial charge is 0.252 e. The number of alkyl halides is 3. The molecule has 1 aromatic carbocycles. The molecule has 23 heavy (non-hydrogen) atoms. The van der Waals surface area contributed by atoms with Crippen LogP contribution >= 0.6 is 34.8 Å². The lowest BCUT2D eigenvalue weighted by molar-refractivity contribution is -0.0826. The molecule has 2 rings (SSSR count). The maximum atomic E-state index is 12.5. The summed E-state index contributed by atoms with van der Waals surface area (Å²) in [7, 11) is 0. The summed E-state index contributed by atoms with van der Waals surface area (Å²) < 4.78 is 4.06. The second-order valence-electron chi connectivity index (χ2n) is 6.00. The Morgan fingerprint density at radius 2 is 1.91 bits per heavy atom. The van der Waals surface area contributed by atoms with Crippen molar-refractivity contribution in [1.29, 1.82) is 0 Å². The topological polar surface area (TPSA) is 41.6 Å². The fourth-order valence-electron chi connectivity index (χ4n) is 2.80. The number of hydrogen-bond acceptors (Lipinski definition) is 3. The normalized spacial score (nSPS) is 24.3. The highest BCUT2D eigenvalue weighted by Crippen LogP contribution is 2.33. The summed E-state index contributed by atoms with van der Waals surface area (Å²) in [5.74, 6) is -0.267. The molecule has 0 unspecified atom stereocenters. The number of hydrogen-bond donors (Lipinski definition) is 1. The van der Waals surface area contributed by atoms with Gasteiger partial charge in [-0.2, -0.15) is 0 Å². The number of halogens is 3. The lowest BCUT2D eigenvalue weighted by Gasteiger charge is -2.42. The highest BCUT2D eigenvalue weighted by molar-refractivity contribution is 6.68. The van der Waals surface area contributed by atoms with Gasteiger partial charge in [0.05, 0.1) is 12.2 Å². The number of nitrogens with one attached hydrogen (secondary N) is 1. The van der Waals surface area contributed by atoms with Crippen LogP contribution < -0.4 is 5.32 Å². The Kier molecular flexibility index (Phi) is 6.20. The zero-order valence-corrected chi connectivity index (χ0v) is 15.6. The molecule has 1 amide bonds. The summed E-state index contributed by atoms with van der Waals surface area (Å²) in [6.45, 7) is 7.00. The molecule has 1 saturated heterocycles. The molecule has 0 saturated carbocycles. The van der Waals surface area contributed by atoms with Gasteiger partial charge < -0.3 is 10.1 Å². The van der Waals surface area contributed by atoms with Crippen LogP contribution in [0, 0.1) is 6.92 Å². The lowest BCUT2D eigenvalue weighted by Crippen LogP contribution is -2.60. The van der Waals surface area contributed by atoms with Gasteiger partial charge in [-0.1, -0.05) is 52.5 Å². The van der Waals surface area contributed by atoms with Crippen LogP contribution in [0.4, 0.5) is 0 Å². The quantitative estimate of drug-likeness (QED) is 0.817.